The molecular formula is C22H21N5O2. The highest BCUT2D eigenvalue weighted by atomic mass is 16.5. The zero-order valence-electron chi connectivity index (χ0n) is 16.1. The first kappa shape index (κ1) is 17.6. The van der Waals surface area contributed by atoms with Crippen LogP contribution in [-0.2, 0) is 19.6 Å². The van der Waals surface area contributed by atoms with Gasteiger partial charge in [-0.3, -0.25) is 4.79 Å². The molecule has 0 bridgehead atoms. The molecule has 7 heteroatoms. The van der Waals surface area contributed by atoms with E-state index in [0.717, 1.165) is 30.8 Å². The first-order valence-corrected chi connectivity index (χ1v) is 9.64. The second kappa shape index (κ2) is 7.18. The number of hydrogen-bond donors (Lipinski definition) is 1. The largest absolute Gasteiger partial charge is 0.487 e. The van der Waals surface area contributed by atoms with Gasteiger partial charge in [0.25, 0.3) is 5.56 Å². The predicted molar refractivity (Wildman–Crippen MR) is 110 cm³/mol. The summed E-state index contributed by atoms with van der Waals surface area (Å²) in [5.41, 5.74) is 3.85. The SMILES string of the molecule is CN1CCc2c(cccc2OCc2cc(=O)n3nc(-c4ccccc4)nc3[nH]2)C1. The fourth-order valence-corrected chi connectivity index (χ4v) is 3.73. The summed E-state index contributed by atoms with van der Waals surface area (Å²) in [5.74, 6) is 1.80. The van der Waals surface area contributed by atoms with Crippen LogP contribution in [0.2, 0.25) is 0 Å². The highest BCUT2D eigenvalue weighted by Crippen LogP contribution is 2.28. The molecule has 0 fully saturated rings. The zero-order valence-corrected chi connectivity index (χ0v) is 16.1. The average Bonchev–Trinajstić information content (AvgIpc) is 3.17. The molecule has 1 aliphatic rings. The van der Waals surface area contributed by atoms with E-state index in [0.29, 0.717) is 17.3 Å². The maximum absolute atomic E-state index is 12.5. The van der Waals surface area contributed by atoms with E-state index < -0.39 is 0 Å². The number of benzene rings is 2. The van der Waals surface area contributed by atoms with Crippen LogP contribution in [0.25, 0.3) is 17.2 Å². The number of aromatic nitrogens is 4. The molecule has 1 aliphatic heterocycles. The molecule has 29 heavy (non-hydrogen) atoms. The van der Waals surface area contributed by atoms with Gasteiger partial charge in [0.05, 0.1) is 5.69 Å². The number of nitrogens with one attached hydrogen (secondary N) is 1. The number of hydrogen-bond acceptors (Lipinski definition) is 5. The van der Waals surface area contributed by atoms with E-state index in [4.69, 9.17) is 4.74 Å². The van der Waals surface area contributed by atoms with Gasteiger partial charge in [-0.05, 0) is 30.7 Å². The van der Waals surface area contributed by atoms with Crippen LogP contribution in [0.3, 0.4) is 0 Å². The lowest BCUT2D eigenvalue weighted by molar-refractivity contribution is 0.280. The van der Waals surface area contributed by atoms with Gasteiger partial charge in [-0.25, -0.2) is 0 Å². The van der Waals surface area contributed by atoms with Crippen molar-refractivity contribution in [2.75, 3.05) is 13.6 Å². The van der Waals surface area contributed by atoms with E-state index >= 15 is 0 Å². The third-order valence-electron chi connectivity index (χ3n) is 5.21. The van der Waals surface area contributed by atoms with Gasteiger partial charge < -0.3 is 14.6 Å². The first-order chi connectivity index (χ1) is 14.2. The maximum Gasteiger partial charge on any atom is 0.276 e. The summed E-state index contributed by atoms with van der Waals surface area (Å²) < 4.78 is 7.36. The lowest BCUT2D eigenvalue weighted by Gasteiger charge is -2.26. The van der Waals surface area contributed by atoms with Crippen molar-refractivity contribution in [3.05, 3.63) is 81.8 Å². The molecule has 2 aromatic carbocycles. The minimum atomic E-state index is -0.233. The molecule has 2 aromatic heterocycles. The number of rotatable bonds is 4. The van der Waals surface area contributed by atoms with Crippen molar-refractivity contribution in [2.24, 2.45) is 0 Å². The maximum atomic E-state index is 12.5. The molecule has 0 saturated carbocycles. The lowest BCUT2D eigenvalue weighted by atomic mass is 9.99. The van der Waals surface area contributed by atoms with Crippen LogP contribution in [0, 0.1) is 0 Å². The van der Waals surface area contributed by atoms with E-state index in [9.17, 15) is 4.79 Å². The average molecular weight is 387 g/mol. The van der Waals surface area contributed by atoms with Crippen molar-refractivity contribution < 1.29 is 4.74 Å². The molecule has 5 rings (SSSR count). The second-order valence-electron chi connectivity index (χ2n) is 7.34. The quantitative estimate of drug-likeness (QED) is 0.583. The Morgan fingerprint density at radius 3 is 2.86 bits per heavy atom. The Balaban J connectivity index is 1.42. The molecular weight excluding hydrogens is 366 g/mol. The Morgan fingerprint density at radius 1 is 1.14 bits per heavy atom. The number of aromatic amines is 1. The van der Waals surface area contributed by atoms with Crippen LogP contribution >= 0.6 is 0 Å². The van der Waals surface area contributed by atoms with Crippen LogP contribution in [0.4, 0.5) is 0 Å². The number of H-pyrrole nitrogens is 1. The summed E-state index contributed by atoms with van der Waals surface area (Å²) in [6, 6.07) is 17.3. The van der Waals surface area contributed by atoms with Gasteiger partial charge in [0.2, 0.25) is 5.78 Å². The first-order valence-electron chi connectivity index (χ1n) is 9.64. The zero-order chi connectivity index (χ0) is 19.8. The third kappa shape index (κ3) is 3.40. The van der Waals surface area contributed by atoms with E-state index in [1.54, 1.807) is 0 Å². The molecule has 0 radical (unpaired) electrons. The van der Waals surface area contributed by atoms with Crippen molar-refractivity contribution in [1.82, 2.24) is 24.5 Å². The van der Waals surface area contributed by atoms with Crippen molar-refractivity contribution in [3.8, 4) is 17.1 Å². The molecule has 0 spiro atoms. The minimum Gasteiger partial charge on any atom is -0.487 e. The van der Waals surface area contributed by atoms with Crippen molar-refractivity contribution in [3.63, 3.8) is 0 Å². The Kier molecular flexibility index (Phi) is 4.37. The van der Waals surface area contributed by atoms with Gasteiger partial charge in [0.1, 0.15) is 12.4 Å². The molecule has 7 nitrogen and oxygen atoms in total. The van der Waals surface area contributed by atoms with Gasteiger partial charge in [-0.15, -0.1) is 5.10 Å². The van der Waals surface area contributed by atoms with E-state index in [1.165, 1.54) is 21.7 Å². The highest BCUT2D eigenvalue weighted by Gasteiger charge is 2.17. The molecule has 0 saturated heterocycles. The van der Waals surface area contributed by atoms with Crippen molar-refractivity contribution >= 4 is 5.78 Å². The highest BCUT2D eigenvalue weighted by molar-refractivity contribution is 5.56. The molecule has 0 amide bonds. The van der Waals surface area contributed by atoms with Crippen LogP contribution in [0.5, 0.6) is 5.75 Å². The fourth-order valence-electron chi connectivity index (χ4n) is 3.73. The van der Waals surface area contributed by atoms with Gasteiger partial charge >= 0.3 is 0 Å². The van der Waals surface area contributed by atoms with Gasteiger partial charge in [0.15, 0.2) is 5.82 Å². The Morgan fingerprint density at radius 2 is 2.00 bits per heavy atom. The van der Waals surface area contributed by atoms with Crippen LogP contribution in [0.1, 0.15) is 16.8 Å². The summed E-state index contributed by atoms with van der Waals surface area (Å²) in [5, 5.41) is 4.32. The topological polar surface area (TPSA) is 75.5 Å². The van der Waals surface area contributed by atoms with Gasteiger partial charge in [0, 0.05) is 24.7 Å². The summed E-state index contributed by atoms with van der Waals surface area (Å²) in [6.07, 6.45) is 0.960. The standard InChI is InChI=1S/C22H21N5O2/c1-26-11-10-18-16(13-26)8-5-9-19(18)29-14-17-12-20(28)27-22(23-17)24-21(25-27)15-6-3-2-4-7-15/h2-9,12H,10-11,13-14H2,1H3,(H,23,24,25). The lowest BCUT2D eigenvalue weighted by Crippen LogP contribution is -2.26. The number of ether oxygens (including phenoxy) is 1. The van der Waals surface area contributed by atoms with Crippen LogP contribution in [-0.4, -0.2) is 38.1 Å². The Labute approximate surface area is 167 Å². The predicted octanol–water partition coefficient (Wildman–Crippen LogP) is 2.65. The smallest absolute Gasteiger partial charge is 0.276 e. The van der Waals surface area contributed by atoms with E-state index in [-0.39, 0.29) is 12.2 Å². The fraction of sp³-hybridized carbons (Fsp3) is 0.227. The molecule has 0 aliphatic carbocycles. The van der Waals surface area contributed by atoms with Gasteiger partial charge in [-0.1, -0.05) is 42.5 Å². The summed E-state index contributed by atoms with van der Waals surface area (Å²) in [6.45, 7) is 2.21. The van der Waals surface area contributed by atoms with Crippen molar-refractivity contribution in [1.29, 1.82) is 0 Å². The monoisotopic (exact) mass is 387 g/mol. The number of fused-ring (bicyclic) bond motifs is 2. The summed E-state index contributed by atoms with van der Waals surface area (Å²) >= 11 is 0. The molecule has 146 valence electrons. The van der Waals surface area contributed by atoms with E-state index in [2.05, 4.69) is 33.1 Å². The Hall–Kier alpha value is -3.45. The van der Waals surface area contributed by atoms with Crippen molar-refractivity contribution in [2.45, 2.75) is 19.6 Å². The normalized spacial score (nSPS) is 14.1. The van der Waals surface area contributed by atoms with Crippen LogP contribution in [0.15, 0.2) is 59.4 Å². The summed E-state index contributed by atoms with van der Waals surface area (Å²) in [7, 11) is 2.12. The Bertz CT molecular complexity index is 1230. The molecule has 4 aromatic rings. The molecule has 1 N–H and O–H groups in total. The minimum absolute atomic E-state index is 0.233. The summed E-state index contributed by atoms with van der Waals surface area (Å²) in [4.78, 5) is 22.4. The number of likely N-dealkylation sites (N-methyl/N-ethyl adjacent to an activating group) is 1. The molecule has 0 unspecified atom stereocenters. The second-order valence-corrected chi connectivity index (χ2v) is 7.34. The number of nitrogens with zero attached hydrogens (tertiary/aromatic N) is 4. The third-order valence-corrected chi connectivity index (χ3v) is 5.21. The molecule has 3 heterocycles. The van der Waals surface area contributed by atoms with Crippen LogP contribution < -0.4 is 10.3 Å². The van der Waals surface area contributed by atoms with E-state index in [1.807, 2.05) is 42.5 Å². The molecule has 0 atom stereocenters. The van der Waals surface area contributed by atoms with Gasteiger partial charge in [-0.2, -0.15) is 9.50 Å².